The molecule has 0 unspecified atom stereocenters. The number of amides is 2. The van der Waals surface area contributed by atoms with Crippen molar-refractivity contribution < 1.29 is 18.4 Å². The summed E-state index contributed by atoms with van der Waals surface area (Å²) in [5.41, 5.74) is 0.820. The van der Waals surface area contributed by atoms with Gasteiger partial charge in [-0.05, 0) is 36.4 Å². The van der Waals surface area contributed by atoms with E-state index in [4.69, 9.17) is 0 Å². The average molecular weight is 410 g/mol. The molecule has 0 aliphatic heterocycles. The maximum absolute atomic E-state index is 14.0. The summed E-state index contributed by atoms with van der Waals surface area (Å²) in [5.74, 6) is -2.79. The standard InChI is InChI=1S/C20H12F2N4O2S/c21-13-7-3-1-5-11(13)19(27)23-15-9-10-16-18(26-29-25-16)17(15)24-20(28)12-6-2-4-8-14(12)22/h1-10H,(H,23,27)(H,24,28). The molecule has 0 aliphatic rings. The van der Waals surface area contributed by atoms with Gasteiger partial charge in [-0.25, -0.2) is 8.78 Å². The third-order valence-corrected chi connectivity index (χ3v) is 4.69. The van der Waals surface area contributed by atoms with Crippen molar-refractivity contribution in [2.75, 3.05) is 10.6 Å². The molecule has 0 fully saturated rings. The van der Waals surface area contributed by atoms with Gasteiger partial charge in [-0.2, -0.15) is 8.75 Å². The van der Waals surface area contributed by atoms with Gasteiger partial charge < -0.3 is 10.6 Å². The highest BCUT2D eigenvalue weighted by atomic mass is 32.1. The van der Waals surface area contributed by atoms with Gasteiger partial charge in [0.1, 0.15) is 22.7 Å². The zero-order valence-corrected chi connectivity index (χ0v) is 15.5. The van der Waals surface area contributed by atoms with Crippen LogP contribution in [0.15, 0.2) is 60.7 Å². The molecule has 9 heteroatoms. The molecule has 0 saturated heterocycles. The second kappa shape index (κ2) is 7.72. The van der Waals surface area contributed by atoms with E-state index in [0.717, 1.165) is 11.7 Å². The minimum Gasteiger partial charge on any atom is -0.320 e. The fourth-order valence-corrected chi connectivity index (χ4v) is 3.29. The fraction of sp³-hybridized carbons (Fsp3) is 0. The Morgan fingerprint density at radius 1 is 0.759 bits per heavy atom. The van der Waals surface area contributed by atoms with E-state index >= 15 is 0 Å². The molecule has 6 nitrogen and oxygen atoms in total. The fourth-order valence-electron chi connectivity index (χ4n) is 2.74. The van der Waals surface area contributed by atoms with Gasteiger partial charge in [0.2, 0.25) is 0 Å². The van der Waals surface area contributed by atoms with Crippen LogP contribution in [0.4, 0.5) is 20.2 Å². The molecular formula is C20H12F2N4O2S. The van der Waals surface area contributed by atoms with Gasteiger partial charge in [0.05, 0.1) is 34.2 Å². The first-order valence-corrected chi connectivity index (χ1v) is 9.14. The van der Waals surface area contributed by atoms with E-state index in [2.05, 4.69) is 19.4 Å². The predicted molar refractivity (Wildman–Crippen MR) is 106 cm³/mol. The number of rotatable bonds is 4. The van der Waals surface area contributed by atoms with Crippen molar-refractivity contribution in [1.29, 1.82) is 0 Å². The quantitative estimate of drug-likeness (QED) is 0.520. The molecule has 0 atom stereocenters. The van der Waals surface area contributed by atoms with Crippen LogP contribution < -0.4 is 10.6 Å². The summed E-state index contributed by atoms with van der Waals surface area (Å²) in [5, 5.41) is 5.16. The first kappa shape index (κ1) is 18.6. The third kappa shape index (κ3) is 3.67. The molecule has 0 spiro atoms. The van der Waals surface area contributed by atoms with Gasteiger partial charge in [0.15, 0.2) is 0 Å². The lowest BCUT2D eigenvalue weighted by Gasteiger charge is -2.13. The molecule has 1 heterocycles. The van der Waals surface area contributed by atoms with Crippen LogP contribution in [0.3, 0.4) is 0 Å². The highest BCUT2D eigenvalue weighted by Crippen LogP contribution is 2.31. The van der Waals surface area contributed by atoms with E-state index in [9.17, 15) is 18.4 Å². The Balaban J connectivity index is 1.72. The molecule has 0 saturated carbocycles. The number of hydrogen-bond acceptors (Lipinski definition) is 5. The number of benzene rings is 3. The summed E-state index contributed by atoms with van der Waals surface area (Å²) in [7, 11) is 0. The van der Waals surface area contributed by atoms with Crippen molar-refractivity contribution in [1.82, 2.24) is 8.75 Å². The molecule has 144 valence electrons. The van der Waals surface area contributed by atoms with Crippen molar-refractivity contribution in [3.8, 4) is 0 Å². The van der Waals surface area contributed by atoms with Crippen molar-refractivity contribution >= 4 is 46.0 Å². The smallest absolute Gasteiger partial charge is 0.258 e. The number of fused-ring (bicyclic) bond motifs is 1. The van der Waals surface area contributed by atoms with Crippen LogP contribution in [0.25, 0.3) is 11.0 Å². The zero-order valence-electron chi connectivity index (χ0n) is 14.6. The minimum atomic E-state index is -0.718. The number of anilines is 2. The average Bonchev–Trinajstić information content (AvgIpc) is 3.19. The van der Waals surface area contributed by atoms with E-state index in [-0.39, 0.29) is 22.5 Å². The molecule has 29 heavy (non-hydrogen) atoms. The topological polar surface area (TPSA) is 84.0 Å². The molecule has 2 amide bonds. The Hall–Kier alpha value is -3.72. The Bertz CT molecular complexity index is 1240. The SMILES string of the molecule is O=C(Nc1ccc2nsnc2c1NC(=O)c1ccccc1F)c1ccccc1F. The highest BCUT2D eigenvalue weighted by Gasteiger charge is 2.19. The summed E-state index contributed by atoms with van der Waals surface area (Å²) >= 11 is 0.921. The minimum absolute atomic E-state index is 0.147. The first-order valence-electron chi connectivity index (χ1n) is 8.41. The van der Waals surface area contributed by atoms with E-state index in [1.54, 1.807) is 6.07 Å². The summed E-state index contributed by atoms with van der Waals surface area (Å²) in [4.78, 5) is 25.1. The van der Waals surface area contributed by atoms with E-state index in [0.29, 0.717) is 11.0 Å². The van der Waals surface area contributed by atoms with Gasteiger partial charge >= 0.3 is 0 Å². The Labute approximate surface area is 167 Å². The van der Waals surface area contributed by atoms with Crippen LogP contribution in [-0.4, -0.2) is 20.6 Å². The van der Waals surface area contributed by atoms with Crippen molar-refractivity contribution in [3.05, 3.63) is 83.4 Å². The van der Waals surface area contributed by atoms with Crippen LogP contribution in [-0.2, 0) is 0 Å². The van der Waals surface area contributed by atoms with E-state index in [1.165, 1.54) is 54.6 Å². The molecule has 0 aliphatic carbocycles. The largest absolute Gasteiger partial charge is 0.320 e. The van der Waals surface area contributed by atoms with Crippen molar-refractivity contribution in [3.63, 3.8) is 0 Å². The number of carbonyl (C=O) groups excluding carboxylic acids is 2. The first-order chi connectivity index (χ1) is 14.0. The van der Waals surface area contributed by atoms with Crippen LogP contribution in [0, 0.1) is 11.6 Å². The maximum Gasteiger partial charge on any atom is 0.258 e. The van der Waals surface area contributed by atoms with Gasteiger partial charge in [0, 0.05) is 0 Å². The molecule has 4 aromatic rings. The monoisotopic (exact) mass is 410 g/mol. The van der Waals surface area contributed by atoms with Gasteiger partial charge in [-0.15, -0.1) is 0 Å². The van der Waals surface area contributed by atoms with Crippen LogP contribution in [0.5, 0.6) is 0 Å². The number of nitrogens with zero attached hydrogens (tertiary/aromatic N) is 2. The Morgan fingerprint density at radius 3 is 1.97 bits per heavy atom. The van der Waals surface area contributed by atoms with Crippen molar-refractivity contribution in [2.24, 2.45) is 0 Å². The Morgan fingerprint density at radius 2 is 1.34 bits per heavy atom. The van der Waals surface area contributed by atoms with E-state index < -0.39 is 23.4 Å². The molecule has 0 radical (unpaired) electrons. The van der Waals surface area contributed by atoms with Crippen molar-refractivity contribution in [2.45, 2.75) is 0 Å². The summed E-state index contributed by atoms with van der Waals surface area (Å²) in [6.45, 7) is 0. The molecule has 1 aromatic heterocycles. The number of nitrogens with one attached hydrogen (secondary N) is 2. The molecule has 4 rings (SSSR count). The number of hydrogen-bond donors (Lipinski definition) is 2. The lowest BCUT2D eigenvalue weighted by Crippen LogP contribution is -2.18. The Kier molecular flexibility index (Phi) is 4.96. The van der Waals surface area contributed by atoms with Gasteiger partial charge in [0.25, 0.3) is 11.8 Å². The van der Waals surface area contributed by atoms with Crippen LogP contribution in [0.2, 0.25) is 0 Å². The number of aromatic nitrogens is 2. The lowest BCUT2D eigenvalue weighted by molar-refractivity contribution is 0.101. The number of carbonyl (C=O) groups is 2. The van der Waals surface area contributed by atoms with Gasteiger partial charge in [-0.3, -0.25) is 9.59 Å². The molecule has 2 N–H and O–H groups in total. The molecular weight excluding hydrogens is 398 g/mol. The summed E-state index contributed by atoms with van der Waals surface area (Å²) < 4.78 is 36.1. The summed E-state index contributed by atoms with van der Waals surface area (Å²) in [6, 6.07) is 14.1. The zero-order chi connectivity index (χ0) is 20.4. The molecule has 0 bridgehead atoms. The summed E-state index contributed by atoms with van der Waals surface area (Å²) in [6.07, 6.45) is 0. The van der Waals surface area contributed by atoms with Crippen LogP contribution >= 0.6 is 11.7 Å². The molecule has 3 aromatic carbocycles. The highest BCUT2D eigenvalue weighted by molar-refractivity contribution is 7.00. The van der Waals surface area contributed by atoms with E-state index in [1.807, 2.05) is 0 Å². The van der Waals surface area contributed by atoms with Gasteiger partial charge in [-0.1, -0.05) is 24.3 Å². The second-order valence-corrected chi connectivity index (χ2v) is 6.52. The maximum atomic E-state index is 14.0. The normalized spacial score (nSPS) is 10.7. The lowest BCUT2D eigenvalue weighted by atomic mass is 10.1. The number of halogens is 2. The second-order valence-electron chi connectivity index (χ2n) is 5.99. The van der Waals surface area contributed by atoms with Crippen LogP contribution in [0.1, 0.15) is 20.7 Å². The third-order valence-electron chi connectivity index (χ3n) is 4.15. The predicted octanol–water partition coefficient (Wildman–Crippen LogP) is 4.47.